The highest BCUT2D eigenvalue weighted by molar-refractivity contribution is 14.1. The number of anilines is 1. The summed E-state index contributed by atoms with van der Waals surface area (Å²) in [6.45, 7) is 2.72. The average molecular weight is 741 g/mol. The van der Waals surface area contributed by atoms with Gasteiger partial charge in [0, 0.05) is 60.9 Å². The quantitative estimate of drug-likeness (QED) is 0.122. The zero-order chi connectivity index (χ0) is 32.2. The van der Waals surface area contributed by atoms with E-state index in [4.69, 9.17) is 4.84 Å². The number of nitrogens with zero attached hydrogens (tertiary/aromatic N) is 7. The third-order valence-corrected chi connectivity index (χ3v) is 9.01. The summed E-state index contributed by atoms with van der Waals surface area (Å²) in [7, 11) is 0. The van der Waals surface area contributed by atoms with Crippen LogP contribution in [0.25, 0.3) is 39.1 Å². The summed E-state index contributed by atoms with van der Waals surface area (Å²) in [5.74, 6) is 0.401. The number of nitrogens with one attached hydrogen (secondary N) is 1. The number of likely N-dealkylation sites (tertiary alicyclic amines) is 1. The van der Waals surface area contributed by atoms with Gasteiger partial charge in [-0.2, -0.15) is 10.2 Å². The van der Waals surface area contributed by atoms with Gasteiger partial charge in [-0.25, -0.2) is 9.97 Å². The minimum Gasteiger partial charge on any atom is -0.338 e. The van der Waals surface area contributed by atoms with E-state index in [0.717, 1.165) is 39.7 Å². The summed E-state index contributed by atoms with van der Waals surface area (Å²) >= 11 is 2.10. The van der Waals surface area contributed by atoms with Gasteiger partial charge in [-0.05, 0) is 66.9 Å². The maximum absolute atomic E-state index is 13.8. The van der Waals surface area contributed by atoms with Crippen LogP contribution in [0.2, 0.25) is 0 Å². The molecule has 238 valence electrons. The number of H-pyrrole nitrogens is 1. The van der Waals surface area contributed by atoms with E-state index >= 15 is 0 Å². The van der Waals surface area contributed by atoms with E-state index in [1.165, 1.54) is 10.6 Å². The van der Waals surface area contributed by atoms with Gasteiger partial charge in [0.15, 0.2) is 5.82 Å². The number of amides is 2. The second-order valence-electron chi connectivity index (χ2n) is 11.6. The molecule has 0 bridgehead atoms. The molecule has 0 spiro atoms. The maximum atomic E-state index is 13.8. The lowest BCUT2D eigenvalue weighted by Crippen LogP contribution is -2.42. The molecule has 7 rings (SSSR count). The van der Waals surface area contributed by atoms with Gasteiger partial charge in [0.1, 0.15) is 10.3 Å². The van der Waals surface area contributed by atoms with Gasteiger partial charge in [0.25, 0.3) is 5.91 Å². The Labute approximate surface area is 285 Å². The van der Waals surface area contributed by atoms with Crippen LogP contribution in [0.3, 0.4) is 0 Å². The van der Waals surface area contributed by atoms with E-state index in [2.05, 4.69) is 70.8 Å². The number of rotatable bonds is 9. The molecule has 3 aromatic heterocycles. The van der Waals surface area contributed by atoms with E-state index in [1.54, 1.807) is 30.9 Å². The predicted octanol–water partition coefficient (Wildman–Crippen LogP) is 5.38. The van der Waals surface area contributed by atoms with Crippen LogP contribution >= 0.6 is 22.6 Å². The van der Waals surface area contributed by atoms with E-state index in [9.17, 15) is 9.59 Å². The molecule has 2 aromatic carbocycles. The number of fused-ring (bicyclic) bond motifs is 1. The number of carbonyl (C=O) groups is 2. The SMILES string of the molecule is O=C(CN1CC[C@@H](C(=O)N(OCI)c2ccc3[nH]nc(-c4ccncc4)c3c2)C1)N1CC=C(c2ccc(-c3ncccn3)cc2)CC1. The average Bonchev–Trinajstić information content (AvgIpc) is 3.78. The topological polar surface area (TPSA) is 120 Å². The van der Waals surface area contributed by atoms with Crippen molar-refractivity contribution in [2.24, 2.45) is 5.92 Å². The standard InChI is InChI=1S/C35H33IN8O3/c36-23-47-44(29-6-7-31-30(20-29)33(41-40-31)26-8-15-37-16-9-26)35(46)28-10-17-42(21-28)22-32(45)43-18-11-25(12-19-43)24-2-4-27(5-3-24)34-38-13-1-14-39-34/h1-9,11,13-16,20,28H,10,12,17-19,21-23H2,(H,40,41)/t28-/m1/s1. The molecule has 1 fully saturated rings. The molecular weight excluding hydrogens is 707 g/mol. The Balaban J connectivity index is 0.965. The van der Waals surface area contributed by atoms with E-state index < -0.39 is 0 Å². The fourth-order valence-electron chi connectivity index (χ4n) is 6.25. The zero-order valence-corrected chi connectivity index (χ0v) is 27.8. The minimum atomic E-state index is -0.275. The van der Waals surface area contributed by atoms with Crippen LogP contribution in [0, 0.1) is 5.92 Å². The first-order chi connectivity index (χ1) is 23.1. The number of halogens is 1. The van der Waals surface area contributed by atoms with Crippen LogP contribution in [0.5, 0.6) is 0 Å². The van der Waals surface area contributed by atoms with Gasteiger partial charge in [0.05, 0.1) is 23.7 Å². The van der Waals surface area contributed by atoms with Crippen molar-refractivity contribution in [3.63, 3.8) is 0 Å². The summed E-state index contributed by atoms with van der Waals surface area (Å²) in [5.41, 5.74) is 6.58. The van der Waals surface area contributed by atoms with Crippen LogP contribution in [0.15, 0.2) is 91.5 Å². The van der Waals surface area contributed by atoms with Crippen LogP contribution in [0.1, 0.15) is 18.4 Å². The van der Waals surface area contributed by atoms with Gasteiger partial charge >= 0.3 is 0 Å². The highest BCUT2D eigenvalue weighted by atomic mass is 127. The number of alkyl halides is 1. The Bertz CT molecular complexity index is 1900. The number of hydrogen-bond acceptors (Lipinski definition) is 8. The third kappa shape index (κ3) is 6.80. The van der Waals surface area contributed by atoms with Crippen LogP contribution in [-0.4, -0.2) is 84.1 Å². The van der Waals surface area contributed by atoms with Gasteiger partial charge in [-0.1, -0.05) is 52.9 Å². The molecule has 5 aromatic rings. The number of carbonyl (C=O) groups excluding carboxylic acids is 2. The molecule has 2 aliphatic heterocycles. The molecule has 11 nitrogen and oxygen atoms in total. The molecule has 5 heterocycles. The molecule has 47 heavy (non-hydrogen) atoms. The molecule has 1 saturated heterocycles. The van der Waals surface area contributed by atoms with Crippen LogP contribution in [0.4, 0.5) is 5.69 Å². The second kappa shape index (κ2) is 14.1. The summed E-state index contributed by atoms with van der Waals surface area (Å²) in [5, 5.41) is 9.86. The monoisotopic (exact) mass is 740 g/mol. The number of benzene rings is 2. The minimum absolute atomic E-state index is 0.0828. The Morgan fingerprint density at radius 1 is 0.957 bits per heavy atom. The fourth-order valence-corrected chi connectivity index (χ4v) is 6.53. The third-order valence-electron chi connectivity index (χ3n) is 8.73. The van der Waals surface area contributed by atoms with E-state index in [-0.39, 0.29) is 17.7 Å². The first-order valence-electron chi connectivity index (χ1n) is 15.6. The van der Waals surface area contributed by atoms with E-state index in [1.807, 2.05) is 47.4 Å². The smallest absolute Gasteiger partial charge is 0.255 e. The summed E-state index contributed by atoms with van der Waals surface area (Å²) in [4.78, 5) is 49.7. The zero-order valence-electron chi connectivity index (χ0n) is 25.6. The fraction of sp³-hybridized carbons (Fsp3) is 0.257. The van der Waals surface area contributed by atoms with Crippen molar-refractivity contribution in [2.45, 2.75) is 12.8 Å². The molecule has 0 saturated carbocycles. The molecule has 0 unspecified atom stereocenters. The number of aromatic nitrogens is 5. The Morgan fingerprint density at radius 2 is 1.74 bits per heavy atom. The Morgan fingerprint density at radius 3 is 2.49 bits per heavy atom. The summed E-state index contributed by atoms with van der Waals surface area (Å²) in [6.07, 6.45) is 10.5. The highest BCUT2D eigenvalue weighted by Gasteiger charge is 2.34. The first-order valence-corrected chi connectivity index (χ1v) is 17.1. The van der Waals surface area contributed by atoms with Crippen molar-refractivity contribution < 1.29 is 14.4 Å². The lowest BCUT2D eigenvalue weighted by atomic mass is 9.98. The maximum Gasteiger partial charge on any atom is 0.255 e. The number of aromatic amines is 1. The van der Waals surface area contributed by atoms with Crippen LogP contribution in [-0.2, 0) is 14.4 Å². The predicted molar refractivity (Wildman–Crippen MR) is 188 cm³/mol. The van der Waals surface area contributed by atoms with E-state index in [0.29, 0.717) is 55.3 Å². The molecule has 2 aliphatic rings. The molecule has 2 amide bonds. The van der Waals surface area contributed by atoms with Gasteiger partial charge in [0.2, 0.25) is 5.91 Å². The lowest BCUT2D eigenvalue weighted by Gasteiger charge is -2.29. The molecule has 12 heteroatoms. The van der Waals surface area contributed by atoms with Crippen molar-refractivity contribution in [3.05, 3.63) is 97.1 Å². The Hall–Kier alpha value is -4.53. The Kier molecular flexibility index (Phi) is 9.31. The van der Waals surface area contributed by atoms with Gasteiger partial charge in [-0.15, -0.1) is 0 Å². The van der Waals surface area contributed by atoms with Gasteiger partial charge in [-0.3, -0.25) is 29.4 Å². The number of pyridine rings is 1. The van der Waals surface area contributed by atoms with Crippen LogP contribution < -0.4 is 5.06 Å². The number of hydrogen-bond donors (Lipinski definition) is 1. The molecule has 1 N–H and O–H groups in total. The van der Waals surface area contributed by atoms with Crippen molar-refractivity contribution in [2.75, 3.05) is 42.4 Å². The highest BCUT2D eigenvalue weighted by Crippen LogP contribution is 2.32. The second-order valence-corrected chi connectivity index (χ2v) is 12.2. The lowest BCUT2D eigenvalue weighted by molar-refractivity contribution is -0.132. The summed E-state index contributed by atoms with van der Waals surface area (Å²) < 4.78 is 0.315. The van der Waals surface area contributed by atoms with Crippen molar-refractivity contribution in [1.82, 2.24) is 34.9 Å². The van der Waals surface area contributed by atoms with Crippen molar-refractivity contribution in [3.8, 4) is 22.6 Å². The molecule has 1 atom stereocenters. The normalized spacial score (nSPS) is 16.7. The summed E-state index contributed by atoms with van der Waals surface area (Å²) in [6, 6.07) is 19.6. The number of hydroxylamine groups is 1. The first kappa shape index (κ1) is 31.1. The molecule has 0 aliphatic carbocycles. The molecular formula is C35H33IN8O3. The van der Waals surface area contributed by atoms with Gasteiger partial charge < -0.3 is 4.90 Å². The van der Waals surface area contributed by atoms with Crippen molar-refractivity contribution >= 4 is 56.6 Å². The van der Waals surface area contributed by atoms with Crippen molar-refractivity contribution in [1.29, 1.82) is 0 Å². The largest absolute Gasteiger partial charge is 0.338 e. The molecule has 0 radical (unpaired) electrons.